The van der Waals surface area contributed by atoms with Crippen molar-refractivity contribution in [1.82, 2.24) is 0 Å². The van der Waals surface area contributed by atoms with Crippen molar-refractivity contribution in [2.45, 2.75) is 86.2 Å². The highest BCUT2D eigenvalue weighted by Crippen LogP contribution is 2.35. The molecule has 3 atom stereocenters. The molecule has 0 aromatic rings. The predicted octanol–water partition coefficient (Wildman–Crippen LogP) is 6.95. The van der Waals surface area contributed by atoms with Gasteiger partial charge < -0.3 is 5.11 Å². The Labute approximate surface area is 174 Å². The van der Waals surface area contributed by atoms with Crippen molar-refractivity contribution < 1.29 is 14.9 Å². The molecule has 0 bridgehead atoms. The van der Waals surface area contributed by atoms with Crippen LogP contribution in [0.5, 0.6) is 0 Å². The van der Waals surface area contributed by atoms with Crippen LogP contribution in [0.25, 0.3) is 0 Å². The average Bonchev–Trinajstić information content (AvgIpc) is 2.61. The highest BCUT2D eigenvalue weighted by Gasteiger charge is 2.32. The van der Waals surface area contributed by atoms with Gasteiger partial charge in [-0.1, -0.05) is 35.8 Å². The summed E-state index contributed by atoms with van der Waals surface area (Å²) in [5, 5.41) is 9.43. The van der Waals surface area contributed by atoms with Gasteiger partial charge >= 0.3 is 0 Å². The largest absolute Gasteiger partial charge is 0.392 e. The van der Waals surface area contributed by atoms with Crippen molar-refractivity contribution in [2.24, 2.45) is 11.8 Å². The summed E-state index contributed by atoms with van der Waals surface area (Å²) >= 11 is 0. The van der Waals surface area contributed by atoms with Crippen LogP contribution in [-0.4, -0.2) is 24.4 Å². The van der Waals surface area contributed by atoms with Crippen LogP contribution in [0.3, 0.4) is 0 Å². The molecule has 0 radical (unpaired) electrons. The average molecular weight is 393 g/mol. The Morgan fingerprint density at radius 2 is 1.71 bits per heavy atom. The SMILES string of the molecule is C=C(C)CCC=C(C)C.C=C(C)CCOOC1CC(C)CC[C@@H]1/C(=C\C)CO. The fourth-order valence-corrected chi connectivity index (χ4v) is 3.24. The maximum atomic E-state index is 9.43. The molecule has 0 saturated heterocycles. The van der Waals surface area contributed by atoms with E-state index in [9.17, 15) is 5.11 Å². The van der Waals surface area contributed by atoms with Gasteiger partial charge in [0, 0.05) is 5.92 Å². The van der Waals surface area contributed by atoms with E-state index in [2.05, 4.69) is 46.9 Å². The van der Waals surface area contributed by atoms with Crippen LogP contribution in [0.1, 0.15) is 80.1 Å². The minimum absolute atomic E-state index is 0.0622. The van der Waals surface area contributed by atoms with Crippen molar-refractivity contribution in [3.8, 4) is 0 Å². The van der Waals surface area contributed by atoms with Gasteiger partial charge in [0.2, 0.25) is 0 Å². The standard InChI is InChI=1S/C16H28O3.C9H16/c1-5-14(11-17)15-7-6-13(4)10-16(15)19-18-9-8-12(2)3;1-8(2)6-5-7-9(3)4/h5,13,15-17H,2,6-11H2,1,3-4H3;7H,1,5-6H2,2-4H3/b14-5-;/t13?,15-,16?;/m1./s1. The zero-order chi connectivity index (χ0) is 21.5. The summed E-state index contributed by atoms with van der Waals surface area (Å²) in [5.74, 6) is 0.943. The molecule has 1 saturated carbocycles. The molecule has 3 nitrogen and oxygen atoms in total. The highest BCUT2D eigenvalue weighted by molar-refractivity contribution is 5.09. The van der Waals surface area contributed by atoms with E-state index >= 15 is 0 Å². The van der Waals surface area contributed by atoms with Crippen molar-refractivity contribution >= 4 is 0 Å². The highest BCUT2D eigenvalue weighted by atomic mass is 17.2. The monoisotopic (exact) mass is 392 g/mol. The first-order chi connectivity index (χ1) is 13.2. The second-order valence-electron chi connectivity index (χ2n) is 8.49. The molecule has 0 heterocycles. The van der Waals surface area contributed by atoms with E-state index < -0.39 is 0 Å². The summed E-state index contributed by atoms with van der Waals surface area (Å²) in [4.78, 5) is 10.9. The van der Waals surface area contributed by atoms with E-state index in [1.54, 1.807) is 0 Å². The molecule has 1 aliphatic carbocycles. The van der Waals surface area contributed by atoms with E-state index in [4.69, 9.17) is 9.78 Å². The Bertz CT molecular complexity index is 512. The predicted molar refractivity (Wildman–Crippen MR) is 121 cm³/mol. The molecule has 0 amide bonds. The Kier molecular flexibility index (Phi) is 15.1. The van der Waals surface area contributed by atoms with Crippen LogP contribution in [0.15, 0.2) is 47.6 Å². The molecule has 28 heavy (non-hydrogen) atoms. The Hall–Kier alpha value is -1.16. The molecule has 1 aliphatic rings. The lowest BCUT2D eigenvalue weighted by Crippen LogP contribution is -2.33. The summed E-state index contributed by atoms with van der Waals surface area (Å²) in [5.41, 5.74) is 4.84. The van der Waals surface area contributed by atoms with Crippen LogP contribution in [-0.2, 0) is 9.78 Å². The third kappa shape index (κ3) is 13.1. The van der Waals surface area contributed by atoms with Crippen molar-refractivity contribution in [2.75, 3.05) is 13.2 Å². The van der Waals surface area contributed by atoms with Gasteiger partial charge in [0.25, 0.3) is 0 Å². The molecule has 0 spiro atoms. The molecule has 1 rings (SSSR count). The van der Waals surface area contributed by atoms with E-state index in [0.717, 1.165) is 43.3 Å². The topological polar surface area (TPSA) is 38.7 Å². The molecule has 3 heteroatoms. The number of rotatable bonds is 10. The number of hydrogen-bond donors (Lipinski definition) is 1. The van der Waals surface area contributed by atoms with Crippen LogP contribution in [0.2, 0.25) is 0 Å². The lowest BCUT2D eigenvalue weighted by molar-refractivity contribution is -0.336. The van der Waals surface area contributed by atoms with E-state index in [1.165, 1.54) is 17.6 Å². The van der Waals surface area contributed by atoms with Gasteiger partial charge in [0.05, 0.1) is 19.3 Å². The number of aliphatic hydroxyl groups excluding tert-OH is 1. The zero-order valence-corrected chi connectivity index (χ0v) is 19.2. The van der Waals surface area contributed by atoms with Gasteiger partial charge in [-0.3, -0.25) is 0 Å². The van der Waals surface area contributed by atoms with Gasteiger partial charge in [-0.05, 0) is 84.6 Å². The van der Waals surface area contributed by atoms with Gasteiger partial charge in [0.1, 0.15) is 0 Å². The number of hydrogen-bond acceptors (Lipinski definition) is 3. The van der Waals surface area contributed by atoms with Crippen LogP contribution >= 0.6 is 0 Å². The van der Waals surface area contributed by atoms with Crippen molar-refractivity contribution in [1.29, 1.82) is 0 Å². The molecule has 1 N–H and O–H groups in total. The van der Waals surface area contributed by atoms with Gasteiger partial charge in [-0.15, -0.1) is 13.2 Å². The summed E-state index contributed by atoms with van der Waals surface area (Å²) in [6.45, 7) is 20.9. The van der Waals surface area contributed by atoms with Gasteiger partial charge in [-0.2, -0.15) is 0 Å². The second-order valence-corrected chi connectivity index (χ2v) is 8.49. The smallest absolute Gasteiger partial charge is 0.0998 e. The molecule has 0 aliphatic heterocycles. The Balaban J connectivity index is 0.000000684. The van der Waals surface area contributed by atoms with Gasteiger partial charge in [0.15, 0.2) is 0 Å². The Morgan fingerprint density at radius 3 is 2.21 bits per heavy atom. The number of aliphatic hydroxyl groups is 1. The molecule has 2 unspecified atom stereocenters. The lowest BCUT2D eigenvalue weighted by Gasteiger charge is -2.34. The van der Waals surface area contributed by atoms with Crippen LogP contribution in [0, 0.1) is 11.8 Å². The second kappa shape index (κ2) is 15.7. The van der Waals surface area contributed by atoms with Gasteiger partial charge in [-0.25, -0.2) is 9.78 Å². The van der Waals surface area contributed by atoms with Crippen molar-refractivity contribution in [3.05, 3.63) is 47.6 Å². The lowest BCUT2D eigenvalue weighted by atomic mass is 9.77. The first-order valence-corrected chi connectivity index (χ1v) is 10.7. The van der Waals surface area contributed by atoms with Crippen molar-refractivity contribution in [3.63, 3.8) is 0 Å². The maximum absolute atomic E-state index is 9.43. The maximum Gasteiger partial charge on any atom is 0.0998 e. The minimum Gasteiger partial charge on any atom is -0.392 e. The summed E-state index contributed by atoms with van der Waals surface area (Å²) in [6, 6.07) is 0. The molecule has 0 aromatic carbocycles. The quantitative estimate of drug-likeness (QED) is 0.189. The normalized spacial score (nSPS) is 22.1. The molecular weight excluding hydrogens is 348 g/mol. The van der Waals surface area contributed by atoms with E-state index in [1.807, 2.05) is 19.9 Å². The van der Waals surface area contributed by atoms with E-state index in [-0.39, 0.29) is 18.6 Å². The third-order valence-electron chi connectivity index (χ3n) is 5.01. The molecule has 0 aromatic heterocycles. The first kappa shape index (κ1) is 26.8. The van der Waals surface area contributed by atoms with Crippen LogP contribution < -0.4 is 0 Å². The summed E-state index contributed by atoms with van der Waals surface area (Å²) in [6.07, 6.45) is 10.7. The summed E-state index contributed by atoms with van der Waals surface area (Å²) < 4.78 is 0. The Morgan fingerprint density at radius 1 is 1.07 bits per heavy atom. The van der Waals surface area contributed by atoms with Crippen LogP contribution in [0.4, 0.5) is 0 Å². The minimum atomic E-state index is 0.0622. The fourth-order valence-electron chi connectivity index (χ4n) is 3.24. The molecule has 1 fully saturated rings. The fraction of sp³-hybridized carbons (Fsp3) is 0.680. The third-order valence-corrected chi connectivity index (χ3v) is 5.01. The summed E-state index contributed by atoms with van der Waals surface area (Å²) in [7, 11) is 0. The zero-order valence-electron chi connectivity index (χ0n) is 19.2. The molecule has 162 valence electrons. The molecular formula is C25H44O3. The van der Waals surface area contributed by atoms with E-state index in [0.29, 0.717) is 12.5 Å². The first-order valence-electron chi connectivity index (χ1n) is 10.7. The number of allylic oxidation sites excluding steroid dienone is 4.